The molecular formula is C11H23N. The first kappa shape index (κ1) is 10.0. The third kappa shape index (κ3) is 4.76. The van der Waals surface area contributed by atoms with Crippen LogP contribution in [0.25, 0.3) is 0 Å². The molecule has 0 heterocycles. The van der Waals surface area contributed by atoms with Gasteiger partial charge in [-0.05, 0) is 12.8 Å². The SMILES string of the molecule is NC1CCCCCCCCCC1. The Bertz CT molecular complexity index is 89.2. The van der Waals surface area contributed by atoms with Crippen LogP contribution < -0.4 is 5.73 Å². The van der Waals surface area contributed by atoms with Gasteiger partial charge in [-0.1, -0.05) is 51.4 Å². The molecule has 0 spiro atoms. The molecule has 0 aromatic carbocycles. The summed E-state index contributed by atoms with van der Waals surface area (Å²) in [5, 5.41) is 0. The average Bonchev–Trinajstić information content (AvgIpc) is 2.11. The summed E-state index contributed by atoms with van der Waals surface area (Å²) in [7, 11) is 0. The van der Waals surface area contributed by atoms with Crippen LogP contribution in [-0.4, -0.2) is 6.04 Å². The van der Waals surface area contributed by atoms with Gasteiger partial charge in [0.2, 0.25) is 0 Å². The molecule has 0 bridgehead atoms. The molecule has 1 aliphatic carbocycles. The van der Waals surface area contributed by atoms with Crippen LogP contribution in [0.15, 0.2) is 0 Å². The number of hydrogen-bond donors (Lipinski definition) is 1. The molecule has 72 valence electrons. The zero-order chi connectivity index (χ0) is 8.65. The summed E-state index contributed by atoms with van der Waals surface area (Å²) >= 11 is 0. The molecule has 0 unspecified atom stereocenters. The molecule has 12 heavy (non-hydrogen) atoms. The van der Waals surface area contributed by atoms with Crippen molar-refractivity contribution in [2.24, 2.45) is 5.73 Å². The van der Waals surface area contributed by atoms with E-state index in [-0.39, 0.29) is 0 Å². The van der Waals surface area contributed by atoms with Crippen molar-refractivity contribution in [3.05, 3.63) is 0 Å². The second-order valence-corrected chi connectivity index (χ2v) is 4.17. The van der Waals surface area contributed by atoms with E-state index < -0.39 is 0 Å². The van der Waals surface area contributed by atoms with E-state index in [1.165, 1.54) is 64.2 Å². The highest BCUT2D eigenvalue weighted by Crippen LogP contribution is 2.15. The molecular weight excluding hydrogens is 146 g/mol. The maximum Gasteiger partial charge on any atom is 0.00388 e. The number of hydrogen-bond acceptors (Lipinski definition) is 1. The van der Waals surface area contributed by atoms with Crippen molar-refractivity contribution < 1.29 is 0 Å². The molecule has 0 amide bonds. The highest BCUT2D eigenvalue weighted by Gasteiger charge is 2.03. The zero-order valence-corrected chi connectivity index (χ0v) is 8.23. The lowest BCUT2D eigenvalue weighted by atomic mass is 10.0. The Hall–Kier alpha value is -0.0400. The molecule has 1 rings (SSSR count). The largest absolute Gasteiger partial charge is 0.328 e. The predicted octanol–water partition coefficient (Wildman–Crippen LogP) is 3.23. The van der Waals surface area contributed by atoms with Crippen molar-refractivity contribution in [1.29, 1.82) is 0 Å². The fourth-order valence-corrected chi connectivity index (χ4v) is 2.02. The van der Waals surface area contributed by atoms with E-state index in [1.807, 2.05) is 0 Å². The van der Waals surface area contributed by atoms with E-state index in [2.05, 4.69) is 0 Å². The Balaban J connectivity index is 2.13. The molecule has 0 radical (unpaired) electrons. The third-order valence-corrected chi connectivity index (χ3v) is 2.90. The number of nitrogens with two attached hydrogens (primary N) is 1. The van der Waals surface area contributed by atoms with Crippen LogP contribution in [-0.2, 0) is 0 Å². The molecule has 1 fully saturated rings. The monoisotopic (exact) mass is 169 g/mol. The van der Waals surface area contributed by atoms with Gasteiger partial charge >= 0.3 is 0 Å². The smallest absolute Gasteiger partial charge is 0.00388 e. The van der Waals surface area contributed by atoms with Gasteiger partial charge in [-0.3, -0.25) is 0 Å². The highest BCUT2D eigenvalue weighted by molar-refractivity contribution is 4.62. The molecule has 0 saturated heterocycles. The molecule has 0 aromatic rings. The van der Waals surface area contributed by atoms with Gasteiger partial charge in [-0.2, -0.15) is 0 Å². The molecule has 1 heteroatoms. The van der Waals surface area contributed by atoms with Crippen molar-refractivity contribution in [3.63, 3.8) is 0 Å². The van der Waals surface area contributed by atoms with Crippen LogP contribution >= 0.6 is 0 Å². The summed E-state index contributed by atoms with van der Waals surface area (Å²) in [6.07, 6.45) is 13.9. The van der Waals surface area contributed by atoms with E-state index in [0.29, 0.717) is 6.04 Å². The van der Waals surface area contributed by atoms with Gasteiger partial charge in [-0.15, -0.1) is 0 Å². The third-order valence-electron chi connectivity index (χ3n) is 2.90. The Morgan fingerprint density at radius 1 is 0.583 bits per heavy atom. The summed E-state index contributed by atoms with van der Waals surface area (Å²) in [5.74, 6) is 0. The molecule has 1 saturated carbocycles. The first-order valence-corrected chi connectivity index (χ1v) is 5.65. The van der Waals surface area contributed by atoms with E-state index in [9.17, 15) is 0 Å². The van der Waals surface area contributed by atoms with Crippen LogP contribution in [0.3, 0.4) is 0 Å². The summed E-state index contributed by atoms with van der Waals surface area (Å²) in [4.78, 5) is 0. The van der Waals surface area contributed by atoms with Gasteiger partial charge in [0.1, 0.15) is 0 Å². The van der Waals surface area contributed by atoms with Crippen molar-refractivity contribution in [2.45, 2.75) is 70.3 Å². The quantitative estimate of drug-likeness (QED) is 0.592. The standard InChI is InChI=1S/C11H23N/c12-11-9-7-5-3-1-2-4-6-8-10-11/h11H,1-10,12H2. The topological polar surface area (TPSA) is 26.0 Å². The summed E-state index contributed by atoms with van der Waals surface area (Å²) < 4.78 is 0. The maximum absolute atomic E-state index is 5.98. The molecule has 0 aliphatic heterocycles. The minimum absolute atomic E-state index is 0.503. The molecule has 1 nitrogen and oxygen atoms in total. The van der Waals surface area contributed by atoms with Gasteiger partial charge in [0.05, 0.1) is 0 Å². The van der Waals surface area contributed by atoms with Crippen LogP contribution in [0.2, 0.25) is 0 Å². The first-order valence-electron chi connectivity index (χ1n) is 5.65. The van der Waals surface area contributed by atoms with Crippen LogP contribution in [0, 0.1) is 0 Å². The average molecular weight is 169 g/mol. The minimum Gasteiger partial charge on any atom is -0.328 e. The lowest BCUT2D eigenvalue weighted by molar-refractivity contribution is 0.510. The minimum atomic E-state index is 0.503. The Morgan fingerprint density at radius 3 is 1.33 bits per heavy atom. The fraction of sp³-hybridized carbons (Fsp3) is 1.00. The van der Waals surface area contributed by atoms with Crippen molar-refractivity contribution in [1.82, 2.24) is 0 Å². The van der Waals surface area contributed by atoms with Gasteiger partial charge in [0.15, 0.2) is 0 Å². The van der Waals surface area contributed by atoms with Crippen LogP contribution in [0.5, 0.6) is 0 Å². The first-order chi connectivity index (χ1) is 5.89. The fourth-order valence-electron chi connectivity index (χ4n) is 2.02. The molecule has 2 N–H and O–H groups in total. The second kappa shape index (κ2) is 6.47. The maximum atomic E-state index is 5.98. The lowest BCUT2D eigenvalue weighted by Crippen LogP contribution is -2.19. The van der Waals surface area contributed by atoms with Crippen molar-refractivity contribution >= 4 is 0 Å². The summed E-state index contributed by atoms with van der Waals surface area (Å²) in [5.41, 5.74) is 5.98. The normalized spacial score (nSPS) is 24.8. The second-order valence-electron chi connectivity index (χ2n) is 4.17. The predicted molar refractivity (Wildman–Crippen MR) is 54.1 cm³/mol. The number of rotatable bonds is 0. The van der Waals surface area contributed by atoms with Gasteiger partial charge in [0.25, 0.3) is 0 Å². The van der Waals surface area contributed by atoms with Gasteiger partial charge in [0, 0.05) is 6.04 Å². The molecule has 0 atom stereocenters. The van der Waals surface area contributed by atoms with Gasteiger partial charge < -0.3 is 5.73 Å². The van der Waals surface area contributed by atoms with E-state index >= 15 is 0 Å². The summed E-state index contributed by atoms with van der Waals surface area (Å²) in [6, 6.07) is 0.503. The van der Waals surface area contributed by atoms with Crippen LogP contribution in [0.1, 0.15) is 64.2 Å². The zero-order valence-electron chi connectivity index (χ0n) is 8.23. The Morgan fingerprint density at radius 2 is 0.917 bits per heavy atom. The highest BCUT2D eigenvalue weighted by atomic mass is 14.6. The Labute approximate surface area is 76.7 Å². The van der Waals surface area contributed by atoms with E-state index in [4.69, 9.17) is 5.73 Å². The van der Waals surface area contributed by atoms with E-state index in [0.717, 1.165) is 0 Å². The lowest BCUT2D eigenvalue weighted by Gasteiger charge is -2.09. The van der Waals surface area contributed by atoms with Crippen molar-refractivity contribution in [2.75, 3.05) is 0 Å². The molecule has 1 aliphatic rings. The Kier molecular flexibility index (Phi) is 5.42. The summed E-state index contributed by atoms with van der Waals surface area (Å²) in [6.45, 7) is 0. The van der Waals surface area contributed by atoms with Crippen molar-refractivity contribution in [3.8, 4) is 0 Å². The van der Waals surface area contributed by atoms with E-state index in [1.54, 1.807) is 0 Å². The van der Waals surface area contributed by atoms with Gasteiger partial charge in [-0.25, -0.2) is 0 Å². The van der Waals surface area contributed by atoms with Crippen LogP contribution in [0.4, 0.5) is 0 Å². The molecule has 0 aromatic heterocycles.